The van der Waals surface area contributed by atoms with Crippen LogP contribution in [0.5, 0.6) is 0 Å². The van der Waals surface area contributed by atoms with Crippen molar-refractivity contribution in [2.24, 2.45) is 11.8 Å². The lowest BCUT2D eigenvalue weighted by atomic mass is 9.96. The van der Waals surface area contributed by atoms with Crippen LogP contribution in [-0.4, -0.2) is 31.1 Å². The number of ether oxygens (including phenoxy) is 1. The monoisotopic (exact) mass is 153 g/mol. The van der Waals surface area contributed by atoms with Gasteiger partial charge in [0, 0.05) is 19.0 Å². The Bertz CT molecular complexity index is 212. The highest BCUT2D eigenvalue weighted by Crippen LogP contribution is 2.30. The summed E-state index contributed by atoms with van der Waals surface area (Å²) >= 11 is 0. The van der Waals surface area contributed by atoms with E-state index in [9.17, 15) is 4.79 Å². The lowest BCUT2D eigenvalue weighted by Crippen LogP contribution is -2.25. The molecule has 2 aliphatic heterocycles. The molecule has 0 aromatic carbocycles. The molecule has 1 saturated heterocycles. The molecule has 3 nitrogen and oxygen atoms in total. The van der Waals surface area contributed by atoms with Gasteiger partial charge in [-0.25, -0.2) is 0 Å². The van der Waals surface area contributed by atoms with Crippen LogP contribution in [0.15, 0.2) is 12.3 Å². The number of esters is 1. The Morgan fingerprint density at radius 2 is 2.45 bits per heavy atom. The molecule has 60 valence electrons. The van der Waals surface area contributed by atoms with Crippen LogP contribution in [-0.2, 0) is 9.53 Å². The van der Waals surface area contributed by atoms with Crippen molar-refractivity contribution in [1.29, 1.82) is 0 Å². The number of rotatable bonds is 1. The summed E-state index contributed by atoms with van der Waals surface area (Å²) < 4.78 is 4.69. The molecule has 2 rings (SSSR count). The molecule has 0 aliphatic carbocycles. The molecule has 0 radical (unpaired) electrons. The molecule has 2 aliphatic rings. The third-order valence-electron chi connectivity index (χ3n) is 2.44. The van der Waals surface area contributed by atoms with Crippen LogP contribution in [0.4, 0.5) is 0 Å². The number of methoxy groups -OCH3 is 1. The molecule has 0 amide bonds. The largest absolute Gasteiger partial charge is 0.469 e. The first-order valence-electron chi connectivity index (χ1n) is 3.81. The Morgan fingerprint density at radius 3 is 2.91 bits per heavy atom. The van der Waals surface area contributed by atoms with Crippen LogP contribution in [0, 0.1) is 11.8 Å². The number of hydrogen-bond donors (Lipinski definition) is 0. The zero-order valence-electron chi connectivity index (χ0n) is 6.49. The highest BCUT2D eigenvalue weighted by molar-refractivity contribution is 5.74. The van der Waals surface area contributed by atoms with Gasteiger partial charge in [-0.05, 0) is 6.20 Å². The van der Waals surface area contributed by atoms with Gasteiger partial charge in [-0.2, -0.15) is 0 Å². The van der Waals surface area contributed by atoms with Crippen molar-refractivity contribution in [2.75, 3.05) is 20.2 Å². The first-order valence-corrected chi connectivity index (χ1v) is 3.81. The summed E-state index contributed by atoms with van der Waals surface area (Å²) in [6.07, 6.45) is 4.15. The molecule has 1 unspecified atom stereocenters. The van der Waals surface area contributed by atoms with Crippen LogP contribution in [0.25, 0.3) is 0 Å². The molecule has 0 saturated carbocycles. The fourth-order valence-electron chi connectivity index (χ4n) is 1.81. The van der Waals surface area contributed by atoms with Crippen molar-refractivity contribution in [3.05, 3.63) is 12.3 Å². The number of carbonyl (C=O) groups is 1. The molecule has 0 aromatic heterocycles. The normalized spacial score (nSPS) is 33.0. The first kappa shape index (κ1) is 6.70. The van der Waals surface area contributed by atoms with Crippen LogP contribution in [0.2, 0.25) is 0 Å². The Balaban J connectivity index is 2.08. The molecule has 0 N–H and O–H groups in total. The number of nitrogens with zero attached hydrogens (tertiary/aromatic N) is 1. The smallest absolute Gasteiger partial charge is 0.311 e. The van der Waals surface area contributed by atoms with E-state index in [1.807, 2.05) is 0 Å². The summed E-state index contributed by atoms with van der Waals surface area (Å²) in [7, 11) is 1.45. The van der Waals surface area contributed by atoms with E-state index in [1.165, 1.54) is 7.11 Å². The van der Waals surface area contributed by atoms with Crippen LogP contribution >= 0.6 is 0 Å². The van der Waals surface area contributed by atoms with Gasteiger partial charge in [-0.1, -0.05) is 6.08 Å². The quantitative estimate of drug-likeness (QED) is 0.505. The van der Waals surface area contributed by atoms with Gasteiger partial charge in [-0.3, -0.25) is 4.79 Å². The topological polar surface area (TPSA) is 29.5 Å². The average Bonchev–Trinajstić information content (AvgIpc) is 2.62. The van der Waals surface area contributed by atoms with Gasteiger partial charge in [0.2, 0.25) is 0 Å². The second kappa shape index (κ2) is 2.26. The number of hydrogen-bond acceptors (Lipinski definition) is 3. The Labute approximate surface area is 65.6 Å². The van der Waals surface area contributed by atoms with Crippen molar-refractivity contribution in [1.82, 2.24) is 4.90 Å². The summed E-state index contributed by atoms with van der Waals surface area (Å²) in [6.45, 7) is 1.84. The van der Waals surface area contributed by atoms with Crippen LogP contribution in [0.3, 0.4) is 0 Å². The number of carbonyl (C=O) groups excluding carboxylic acids is 1. The Hall–Kier alpha value is -0.990. The standard InChI is InChI=1S/C8H11NO2/c1-11-8(10)7-5-9-3-2-6(7)4-9/h2-3,6-7H,4-5H2,1H3/t6?,7-/m0/s1. The lowest BCUT2D eigenvalue weighted by Gasteiger charge is -2.15. The van der Waals surface area contributed by atoms with Crippen molar-refractivity contribution in [2.45, 2.75) is 0 Å². The summed E-state index contributed by atoms with van der Waals surface area (Å²) in [6, 6.07) is 0. The van der Waals surface area contributed by atoms with Crippen molar-refractivity contribution < 1.29 is 9.53 Å². The van der Waals surface area contributed by atoms with Gasteiger partial charge in [0.05, 0.1) is 13.0 Å². The molecule has 2 bridgehead atoms. The Kier molecular flexibility index (Phi) is 1.37. The van der Waals surface area contributed by atoms with E-state index < -0.39 is 0 Å². The zero-order chi connectivity index (χ0) is 7.84. The SMILES string of the molecule is COC(=O)[C@H]1CN2C=CC1C2. The summed E-state index contributed by atoms with van der Waals surface area (Å²) in [5.41, 5.74) is 0. The average molecular weight is 153 g/mol. The molecule has 2 atom stereocenters. The fraction of sp³-hybridized carbons (Fsp3) is 0.625. The summed E-state index contributed by atoms with van der Waals surface area (Å²) in [5, 5.41) is 0. The molecule has 3 heteroatoms. The second-order valence-corrected chi connectivity index (χ2v) is 3.09. The van der Waals surface area contributed by atoms with E-state index in [4.69, 9.17) is 0 Å². The maximum Gasteiger partial charge on any atom is 0.311 e. The first-order chi connectivity index (χ1) is 5.31. The summed E-state index contributed by atoms with van der Waals surface area (Å²) in [4.78, 5) is 13.3. The molecular formula is C8H11NO2. The maximum absolute atomic E-state index is 11.1. The van der Waals surface area contributed by atoms with E-state index in [0.717, 1.165) is 13.1 Å². The number of fused-ring (bicyclic) bond motifs is 2. The van der Waals surface area contributed by atoms with Crippen LogP contribution in [0.1, 0.15) is 0 Å². The van der Waals surface area contributed by atoms with Gasteiger partial charge in [0.1, 0.15) is 0 Å². The van der Waals surface area contributed by atoms with E-state index in [1.54, 1.807) is 0 Å². The van der Waals surface area contributed by atoms with Gasteiger partial charge < -0.3 is 9.64 Å². The van der Waals surface area contributed by atoms with E-state index >= 15 is 0 Å². The lowest BCUT2D eigenvalue weighted by molar-refractivity contribution is -0.145. The fourth-order valence-corrected chi connectivity index (χ4v) is 1.81. The molecular weight excluding hydrogens is 142 g/mol. The molecule has 11 heavy (non-hydrogen) atoms. The van der Waals surface area contributed by atoms with Crippen molar-refractivity contribution in [3.63, 3.8) is 0 Å². The highest BCUT2D eigenvalue weighted by atomic mass is 16.5. The zero-order valence-corrected chi connectivity index (χ0v) is 6.49. The Morgan fingerprint density at radius 1 is 1.64 bits per heavy atom. The van der Waals surface area contributed by atoms with Gasteiger partial charge in [-0.15, -0.1) is 0 Å². The van der Waals surface area contributed by atoms with E-state index in [2.05, 4.69) is 21.9 Å². The van der Waals surface area contributed by atoms with Crippen LogP contribution < -0.4 is 0 Å². The van der Waals surface area contributed by atoms with Crippen molar-refractivity contribution >= 4 is 5.97 Å². The molecule has 0 aromatic rings. The highest BCUT2D eigenvalue weighted by Gasteiger charge is 2.38. The molecule has 2 heterocycles. The molecule has 0 spiro atoms. The van der Waals surface area contributed by atoms with E-state index in [-0.39, 0.29) is 11.9 Å². The molecule has 1 fully saturated rings. The minimum Gasteiger partial charge on any atom is -0.469 e. The predicted molar refractivity (Wildman–Crippen MR) is 39.7 cm³/mol. The third kappa shape index (κ3) is 0.914. The third-order valence-corrected chi connectivity index (χ3v) is 2.44. The van der Waals surface area contributed by atoms with Crippen molar-refractivity contribution in [3.8, 4) is 0 Å². The van der Waals surface area contributed by atoms with Gasteiger partial charge in [0.25, 0.3) is 0 Å². The van der Waals surface area contributed by atoms with Gasteiger partial charge in [0.15, 0.2) is 0 Å². The second-order valence-electron chi connectivity index (χ2n) is 3.09. The van der Waals surface area contributed by atoms with Gasteiger partial charge >= 0.3 is 5.97 Å². The minimum absolute atomic E-state index is 0.0677. The maximum atomic E-state index is 11.1. The summed E-state index contributed by atoms with van der Waals surface area (Å²) in [5.74, 6) is 0.425. The van der Waals surface area contributed by atoms with E-state index in [0.29, 0.717) is 5.92 Å². The predicted octanol–water partition coefficient (Wildman–Crippen LogP) is 0.235. The minimum atomic E-state index is -0.0677.